The minimum Gasteiger partial charge on any atom is -0.484 e. The van der Waals surface area contributed by atoms with Gasteiger partial charge in [0.15, 0.2) is 6.61 Å². The fourth-order valence-corrected chi connectivity index (χ4v) is 2.44. The second kappa shape index (κ2) is 8.59. The summed E-state index contributed by atoms with van der Waals surface area (Å²) >= 11 is 6.10. The van der Waals surface area contributed by atoms with E-state index in [0.717, 1.165) is 34.7 Å². The largest absolute Gasteiger partial charge is 0.484 e. The Bertz CT molecular complexity index is 670. The number of halogens is 1. The van der Waals surface area contributed by atoms with Gasteiger partial charge in [0.25, 0.3) is 5.91 Å². The van der Waals surface area contributed by atoms with Gasteiger partial charge in [-0.05, 0) is 61.6 Å². The van der Waals surface area contributed by atoms with Gasteiger partial charge >= 0.3 is 0 Å². The normalized spacial score (nSPS) is 10.4. The summed E-state index contributed by atoms with van der Waals surface area (Å²) in [5.41, 5.74) is 3.47. The SMILES string of the molecule is Cc1ccc(OCC(=O)NCCCc2ccccc2Cl)cc1C. The van der Waals surface area contributed by atoms with Crippen molar-refractivity contribution in [1.29, 1.82) is 0 Å². The number of benzene rings is 2. The lowest BCUT2D eigenvalue weighted by Crippen LogP contribution is -2.29. The number of carbonyl (C=O) groups excluding carboxylic acids is 1. The first-order chi connectivity index (χ1) is 11.1. The van der Waals surface area contributed by atoms with Crippen LogP contribution in [0.15, 0.2) is 42.5 Å². The summed E-state index contributed by atoms with van der Waals surface area (Å²) < 4.78 is 5.50. The van der Waals surface area contributed by atoms with Gasteiger partial charge in [-0.25, -0.2) is 0 Å². The molecule has 0 saturated carbocycles. The summed E-state index contributed by atoms with van der Waals surface area (Å²) in [6.07, 6.45) is 1.69. The summed E-state index contributed by atoms with van der Waals surface area (Å²) in [6, 6.07) is 13.6. The number of ether oxygens (including phenoxy) is 1. The first-order valence-electron chi connectivity index (χ1n) is 7.76. The molecule has 1 N–H and O–H groups in total. The van der Waals surface area contributed by atoms with Crippen LogP contribution in [0.3, 0.4) is 0 Å². The number of nitrogens with one attached hydrogen (secondary N) is 1. The molecule has 0 spiro atoms. The van der Waals surface area contributed by atoms with Crippen LogP contribution in [0.5, 0.6) is 5.75 Å². The molecular weight excluding hydrogens is 310 g/mol. The van der Waals surface area contributed by atoms with E-state index in [0.29, 0.717) is 6.54 Å². The minimum atomic E-state index is -0.109. The molecule has 0 saturated heterocycles. The number of rotatable bonds is 7. The van der Waals surface area contributed by atoms with Gasteiger partial charge in [-0.2, -0.15) is 0 Å². The Hall–Kier alpha value is -2.00. The zero-order valence-electron chi connectivity index (χ0n) is 13.6. The van der Waals surface area contributed by atoms with Gasteiger partial charge in [-0.3, -0.25) is 4.79 Å². The van der Waals surface area contributed by atoms with Crippen LogP contribution in [-0.4, -0.2) is 19.1 Å². The van der Waals surface area contributed by atoms with E-state index in [1.54, 1.807) is 0 Å². The van der Waals surface area contributed by atoms with Crippen molar-refractivity contribution in [3.05, 3.63) is 64.2 Å². The summed E-state index contributed by atoms with van der Waals surface area (Å²) in [6.45, 7) is 4.72. The molecule has 0 atom stereocenters. The fraction of sp³-hybridized carbons (Fsp3) is 0.316. The smallest absolute Gasteiger partial charge is 0.257 e. The van der Waals surface area contributed by atoms with Crippen molar-refractivity contribution in [3.8, 4) is 5.75 Å². The van der Waals surface area contributed by atoms with Gasteiger partial charge in [-0.1, -0.05) is 35.9 Å². The van der Waals surface area contributed by atoms with Crippen LogP contribution in [0.1, 0.15) is 23.1 Å². The maximum Gasteiger partial charge on any atom is 0.257 e. The Kier molecular flexibility index (Phi) is 6.48. The summed E-state index contributed by atoms with van der Waals surface area (Å²) in [5.74, 6) is 0.613. The highest BCUT2D eigenvalue weighted by molar-refractivity contribution is 6.31. The van der Waals surface area contributed by atoms with Gasteiger partial charge in [-0.15, -0.1) is 0 Å². The maximum atomic E-state index is 11.8. The molecule has 2 aromatic carbocycles. The predicted molar refractivity (Wildman–Crippen MR) is 94.2 cm³/mol. The number of hydrogen-bond donors (Lipinski definition) is 1. The van der Waals surface area contributed by atoms with E-state index in [1.165, 1.54) is 5.56 Å². The molecule has 1 amide bonds. The lowest BCUT2D eigenvalue weighted by Gasteiger charge is -2.09. The molecule has 0 aliphatic rings. The summed E-state index contributed by atoms with van der Waals surface area (Å²) in [7, 11) is 0. The standard InChI is InChI=1S/C19H22ClNO2/c1-14-9-10-17(12-15(14)2)23-13-19(22)21-11-5-7-16-6-3-4-8-18(16)20/h3-4,6,8-10,12H,5,7,11,13H2,1-2H3,(H,21,22). The molecule has 0 aromatic heterocycles. The summed E-state index contributed by atoms with van der Waals surface area (Å²) in [5, 5.41) is 3.64. The Morgan fingerprint density at radius 2 is 1.91 bits per heavy atom. The highest BCUT2D eigenvalue weighted by atomic mass is 35.5. The van der Waals surface area contributed by atoms with Crippen LogP contribution in [0.2, 0.25) is 5.02 Å². The zero-order chi connectivity index (χ0) is 16.7. The minimum absolute atomic E-state index is 0.0363. The van der Waals surface area contributed by atoms with Crippen LogP contribution in [0.25, 0.3) is 0 Å². The topological polar surface area (TPSA) is 38.3 Å². The highest BCUT2D eigenvalue weighted by Crippen LogP contribution is 2.17. The second-order valence-corrected chi connectivity index (χ2v) is 5.99. The van der Waals surface area contributed by atoms with Crippen LogP contribution in [0.4, 0.5) is 0 Å². The predicted octanol–water partition coefficient (Wildman–Crippen LogP) is 4.08. The van der Waals surface area contributed by atoms with Gasteiger partial charge < -0.3 is 10.1 Å². The van der Waals surface area contributed by atoms with Gasteiger partial charge in [0, 0.05) is 11.6 Å². The number of amides is 1. The van der Waals surface area contributed by atoms with E-state index < -0.39 is 0 Å². The van der Waals surface area contributed by atoms with Gasteiger partial charge in [0.1, 0.15) is 5.75 Å². The number of hydrogen-bond acceptors (Lipinski definition) is 2. The maximum absolute atomic E-state index is 11.8. The lowest BCUT2D eigenvalue weighted by atomic mass is 10.1. The molecular formula is C19H22ClNO2. The molecule has 0 unspecified atom stereocenters. The third kappa shape index (κ3) is 5.61. The molecule has 0 fully saturated rings. The molecule has 2 aromatic rings. The lowest BCUT2D eigenvalue weighted by molar-refractivity contribution is -0.123. The molecule has 4 heteroatoms. The van der Waals surface area contributed by atoms with E-state index in [9.17, 15) is 4.79 Å². The molecule has 2 rings (SSSR count). The average molecular weight is 332 g/mol. The Morgan fingerprint density at radius 1 is 1.13 bits per heavy atom. The Morgan fingerprint density at radius 3 is 2.65 bits per heavy atom. The van der Waals surface area contributed by atoms with Crippen LogP contribution in [-0.2, 0) is 11.2 Å². The van der Waals surface area contributed by atoms with Gasteiger partial charge in [0.05, 0.1) is 0 Å². The first kappa shape index (κ1) is 17.4. The quantitative estimate of drug-likeness (QED) is 0.776. The van der Waals surface area contributed by atoms with Crippen LogP contribution >= 0.6 is 11.6 Å². The van der Waals surface area contributed by atoms with Crippen LogP contribution < -0.4 is 10.1 Å². The van der Waals surface area contributed by atoms with Gasteiger partial charge in [0.2, 0.25) is 0 Å². The summed E-state index contributed by atoms with van der Waals surface area (Å²) in [4.78, 5) is 11.8. The molecule has 0 bridgehead atoms. The van der Waals surface area contributed by atoms with E-state index in [2.05, 4.69) is 5.32 Å². The van der Waals surface area contributed by atoms with Crippen molar-refractivity contribution < 1.29 is 9.53 Å². The highest BCUT2D eigenvalue weighted by Gasteiger charge is 2.04. The van der Waals surface area contributed by atoms with E-state index in [1.807, 2.05) is 56.3 Å². The van der Waals surface area contributed by atoms with Crippen molar-refractivity contribution in [3.63, 3.8) is 0 Å². The van der Waals surface area contributed by atoms with Crippen LogP contribution in [0, 0.1) is 13.8 Å². The molecule has 23 heavy (non-hydrogen) atoms. The van der Waals surface area contributed by atoms with E-state index in [4.69, 9.17) is 16.3 Å². The Balaban J connectivity index is 1.67. The van der Waals surface area contributed by atoms with E-state index >= 15 is 0 Å². The van der Waals surface area contributed by atoms with Crippen molar-refractivity contribution in [2.24, 2.45) is 0 Å². The van der Waals surface area contributed by atoms with Crippen molar-refractivity contribution in [2.75, 3.05) is 13.2 Å². The molecule has 0 heterocycles. The fourth-order valence-electron chi connectivity index (χ4n) is 2.21. The molecule has 122 valence electrons. The first-order valence-corrected chi connectivity index (χ1v) is 8.14. The molecule has 3 nitrogen and oxygen atoms in total. The van der Waals surface area contributed by atoms with Crippen molar-refractivity contribution in [1.82, 2.24) is 5.32 Å². The molecule has 0 aliphatic carbocycles. The Labute approximate surface area is 142 Å². The second-order valence-electron chi connectivity index (χ2n) is 5.58. The van der Waals surface area contributed by atoms with Crippen molar-refractivity contribution in [2.45, 2.75) is 26.7 Å². The monoisotopic (exact) mass is 331 g/mol. The zero-order valence-corrected chi connectivity index (χ0v) is 14.3. The molecule has 0 radical (unpaired) electrons. The van der Waals surface area contributed by atoms with Crippen molar-refractivity contribution >= 4 is 17.5 Å². The van der Waals surface area contributed by atoms with E-state index in [-0.39, 0.29) is 12.5 Å². The third-order valence-corrected chi connectivity index (χ3v) is 4.12. The number of carbonyl (C=O) groups is 1. The molecule has 0 aliphatic heterocycles. The number of aryl methyl sites for hydroxylation is 3. The average Bonchev–Trinajstić information content (AvgIpc) is 2.54. The third-order valence-electron chi connectivity index (χ3n) is 3.75.